The van der Waals surface area contributed by atoms with Crippen LogP contribution in [0, 0.1) is 4.77 Å². The van der Waals surface area contributed by atoms with Crippen molar-refractivity contribution in [3.05, 3.63) is 21.7 Å². The summed E-state index contributed by atoms with van der Waals surface area (Å²) in [6.07, 6.45) is 1.05. The summed E-state index contributed by atoms with van der Waals surface area (Å²) in [7, 11) is 0. The molecule has 6 heteroatoms. The SMILES string of the molecule is CCCN1Cc2[nH]c(=S)nc(C(=O)O)c2C1. The second-order valence-electron chi connectivity index (χ2n) is 3.86. The van der Waals surface area contributed by atoms with Gasteiger partial charge in [0.05, 0.1) is 0 Å². The predicted molar refractivity (Wildman–Crippen MR) is 60.8 cm³/mol. The Labute approximate surface area is 98.1 Å². The summed E-state index contributed by atoms with van der Waals surface area (Å²) in [6.45, 7) is 4.43. The van der Waals surface area contributed by atoms with Crippen molar-refractivity contribution in [2.75, 3.05) is 6.54 Å². The first-order chi connectivity index (χ1) is 7.61. The number of fused-ring (bicyclic) bond motifs is 1. The lowest BCUT2D eigenvalue weighted by Gasteiger charge is -2.11. The number of carboxylic acids is 1. The van der Waals surface area contributed by atoms with Gasteiger partial charge < -0.3 is 10.1 Å². The fourth-order valence-corrected chi connectivity index (χ4v) is 2.22. The van der Waals surface area contributed by atoms with Gasteiger partial charge in [0.15, 0.2) is 10.5 Å². The normalized spacial score (nSPS) is 15.1. The Balaban J connectivity index is 2.40. The maximum atomic E-state index is 11.0. The maximum absolute atomic E-state index is 11.0. The molecule has 0 spiro atoms. The highest BCUT2D eigenvalue weighted by Crippen LogP contribution is 2.23. The number of aromatic nitrogens is 2. The standard InChI is InChI=1S/C10H13N3O2S/c1-2-3-13-4-6-7(5-13)11-10(16)12-8(6)9(14)15/h2-5H2,1H3,(H,14,15)(H,11,12,16). The van der Waals surface area contributed by atoms with Gasteiger partial charge in [0, 0.05) is 24.3 Å². The molecule has 0 aliphatic carbocycles. The number of hydrogen-bond donors (Lipinski definition) is 2. The van der Waals surface area contributed by atoms with Crippen molar-refractivity contribution in [3.8, 4) is 0 Å². The Kier molecular flexibility index (Phi) is 3.02. The van der Waals surface area contributed by atoms with E-state index >= 15 is 0 Å². The average Bonchev–Trinajstić information content (AvgIpc) is 2.59. The molecule has 0 unspecified atom stereocenters. The Morgan fingerprint density at radius 1 is 1.62 bits per heavy atom. The van der Waals surface area contributed by atoms with Gasteiger partial charge in [-0.15, -0.1) is 0 Å². The molecule has 0 atom stereocenters. The number of hydrogen-bond acceptors (Lipinski definition) is 4. The number of H-pyrrole nitrogens is 1. The van der Waals surface area contributed by atoms with Gasteiger partial charge in [0.25, 0.3) is 0 Å². The van der Waals surface area contributed by atoms with Crippen LogP contribution in [-0.4, -0.2) is 32.5 Å². The Morgan fingerprint density at radius 2 is 2.38 bits per heavy atom. The highest BCUT2D eigenvalue weighted by molar-refractivity contribution is 7.71. The van der Waals surface area contributed by atoms with Gasteiger partial charge in [-0.25, -0.2) is 9.78 Å². The van der Waals surface area contributed by atoms with Crippen LogP contribution < -0.4 is 0 Å². The number of aromatic amines is 1. The van der Waals surface area contributed by atoms with Gasteiger partial charge in [0.1, 0.15) is 0 Å². The lowest BCUT2D eigenvalue weighted by atomic mass is 10.2. The maximum Gasteiger partial charge on any atom is 0.355 e. The molecule has 86 valence electrons. The third-order valence-corrected chi connectivity index (χ3v) is 2.82. The van der Waals surface area contributed by atoms with Crippen LogP contribution in [0.2, 0.25) is 0 Å². The zero-order valence-electron chi connectivity index (χ0n) is 8.99. The minimum Gasteiger partial charge on any atom is -0.476 e. The number of carbonyl (C=O) groups is 1. The van der Waals surface area contributed by atoms with Crippen molar-refractivity contribution >= 4 is 18.2 Å². The van der Waals surface area contributed by atoms with E-state index < -0.39 is 5.97 Å². The molecule has 0 amide bonds. The summed E-state index contributed by atoms with van der Waals surface area (Å²) in [5.74, 6) is -1.00. The van der Waals surface area contributed by atoms with Crippen LogP contribution in [0.15, 0.2) is 0 Å². The van der Waals surface area contributed by atoms with E-state index in [1.807, 2.05) is 0 Å². The summed E-state index contributed by atoms with van der Waals surface area (Å²) in [5, 5.41) is 9.05. The molecular weight excluding hydrogens is 226 g/mol. The first-order valence-electron chi connectivity index (χ1n) is 5.19. The van der Waals surface area contributed by atoms with E-state index in [2.05, 4.69) is 21.8 Å². The summed E-state index contributed by atoms with van der Waals surface area (Å²) in [6, 6.07) is 0. The van der Waals surface area contributed by atoms with Crippen molar-refractivity contribution in [2.45, 2.75) is 26.4 Å². The Hall–Kier alpha value is -1.27. The smallest absolute Gasteiger partial charge is 0.355 e. The molecule has 1 aliphatic heterocycles. The van der Waals surface area contributed by atoms with Crippen molar-refractivity contribution < 1.29 is 9.90 Å². The first-order valence-corrected chi connectivity index (χ1v) is 5.60. The average molecular weight is 239 g/mol. The Morgan fingerprint density at radius 3 is 3.00 bits per heavy atom. The molecule has 0 bridgehead atoms. The summed E-state index contributed by atoms with van der Waals surface area (Å²) in [5.41, 5.74) is 1.76. The molecule has 0 saturated heterocycles. The summed E-state index contributed by atoms with van der Waals surface area (Å²) < 4.78 is 0.245. The molecule has 0 radical (unpaired) electrons. The highest BCUT2D eigenvalue weighted by atomic mass is 32.1. The van der Waals surface area contributed by atoms with Crippen LogP contribution >= 0.6 is 12.2 Å². The summed E-state index contributed by atoms with van der Waals surface area (Å²) in [4.78, 5) is 20.1. The minimum absolute atomic E-state index is 0.0948. The number of rotatable bonds is 3. The third-order valence-electron chi connectivity index (χ3n) is 2.63. The second kappa shape index (κ2) is 4.31. The van der Waals surface area contributed by atoms with E-state index in [1.165, 1.54) is 0 Å². The second-order valence-corrected chi connectivity index (χ2v) is 4.25. The van der Waals surface area contributed by atoms with Gasteiger partial charge in [-0.1, -0.05) is 6.92 Å². The number of nitrogens with one attached hydrogen (secondary N) is 1. The van der Waals surface area contributed by atoms with E-state index in [9.17, 15) is 4.79 Å². The molecule has 16 heavy (non-hydrogen) atoms. The molecule has 0 aromatic carbocycles. The molecule has 1 aliphatic rings. The lowest BCUT2D eigenvalue weighted by molar-refractivity contribution is 0.0688. The molecule has 0 fully saturated rings. The number of nitrogens with zero attached hydrogens (tertiary/aromatic N) is 2. The van der Waals surface area contributed by atoms with Gasteiger partial charge in [0.2, 0.25) is 0 Å². The predicted octanol–water partition coefficient (Wildman–Crippen LogP) is 1.56. The van der Waals surface area contributed by atoms with Crippen LogP contribution in [0.1, 0.15) is 35.1 Å². The van der Waals surface area contributed by atoms with E-state index in [0.717, 1.165) is 30.8 Å². The van der Waals surface area contributed by atoms with Crippen LogP contribution in [-0.2, 0) is 13.1 Å². The number of carboxylic acid groups (broad SMARTS) is 1. The molecule has 1 aromatic rings. The third kappa shape index (κ3) is 1.98. The van der Waals surface area contributed by atoms with E-state index in [0.29, 0.717) is 6.54 Å². The van der Waals surface area contributed by atoms with Crippen molar-refractivity contribution in [1.29, 1.82) is 0 Å². The molecule has 0 saturated carbocycles. The fourth-order valence-electron chi connectivity index (χ4n) is 2.00. The largest absolute Gasteiger partial charge is 0.476 e. The number of aromatic carboxylic acids is 1. The van der Waals surface area contributed by atoms with Crippen LogP contribution in [0.5, 0.6) is 0 Å². The molecule has 2 heterocycles. The molecule has 1 aromatic heterocycles. The minimum atomic E-state index is -1.00. The van der Waals surface area contributed by atoms with Crippen molar-refractivity contribution in [2.24, 2.45) is 0 Å². The van der Waals surface area contributed by atoms with Crippen molar-refractivity contribution in [1.82, 2.24) is 14.9 Å². The van der Waals surface area contributed by atoms with Gasteiger partial charge in [-0.3, -0.25) is 4.90 Å². The van der Waals surface area contributed by atoms with Gasteiger partial charge in [-0.2, -0.15) is 0 Å². The zero-order valence-corrected chi connectivity index (χ0v) is 9.80. The van der Waals surface area contributed by atoms with Gasteiger partial charge in [-0.05, 0) is 25.2 Å². The Bertz CT molecular complexity index is 483. The van der Waals surface area contributed by atoms with Crippen LogP contribution in [0.25, 0.3) is 0 Å². The van der Waals surface area contributed by atoms with E-state index in [4.69, 9.17) is 17.3 Å². The van der Waals surface area contributed by atoms with Crippen LogP contribution in [0.4, 0.5) is 0 Å². The quantitative estimate of drug-likeness (QED) is 0.783. The fraction of sp³-hybridized carbons (Fsp3) is 0.500. The zero-order chi connectivity index (χ0) is 11.7. The van der Waals surface area contributed by atoms with Gasteiger partial charge >= 0.3 is 5.97 Å². The molecular formula is C10H13N3O2S. The molecule has 5 nitrogen and oxygen atoms in total. The topological polar surface area (TPSA) is 69.2 Å². The van der Waals surface area contributed by atoms with E-state index in [-0.39, 0.29) is 10.5 Å². The highest BCUT2D eigenvalue weighted by Gasteiger charge is 2.25. The van der Waals surface area contributed by atoms with E-state index in [1.54, 1.807) is 0 Å². The van der Waals surface area contributed by atoms with Crippen LogP contribution in [0.3, 0.4) is 0 Å². The molecule has 2 N–H and O–H groups in total. The first kappa shape index (κ1) is 11.2. The monoisotopic (exact) mass is 239 g/mol. The lowest BCUT2D eigenvalue weighted by Crippen LogP contribution is -2.17. The summed E-state index contributed by atoms with van der Waals surface area (Å²) >= 11 is 4.91. The molecule has 2 rings (SSSR count). The van der Waals surface area contributed by atoms with Crippen molar-refractivity contribution in [3.63, 3.8) is 0 Å².